The summed E-state index contributed by atoms with van der Waals surface area (Å²) >= 11 is 0. The van der Waals surface area contributed by atoms with Gasteiger partial charge in [-0.3, -0.25) is 19.1 Å². The monoisotopic (exact) mass is 315 g/mol. The number of nitrogens with one attached hydrogen (secondary N) is 2. The van der Waals surface area contributed by atoms with Crippen molar-refractivity contribution < 1.29 is 0 Å². The van der Waals surface area contributed by atoms with Gasteiger partial charge in [-0.15, -0.1) is 0 Å². The van der Waals surface area contributed by atoms with Crippen LogP contribution in [0.4, 0.5) is 0 Å². The molecule has 0 saturated heterocycles. The van der Waals surface area contributed by atoms with Gasteiger partial charge in [0, 0.05) is 19.8 Å². The Labute approximate surface area is 130 Å². The summed E-state index contributed by atoms with van der Waals surface area (Å²) in [4.78, 5) is 46.2. The van der Waals surface area contributed by atoms with E-state index in [0.717, 1.165) is 12.8 Å². The number of hydrogen-bond donors (Lipinski definition) is 2. The smallest absolute Gasteiger partial charge is 0.330 e. The lowest BCUT2D eigenvalue weighted by atomic mass is 10.3. The maximum atomic E-state index is 12.5. The molecular weight excluding hydrogens is 298 g/mol. The van der Waals surface area contributed by atoms with Gasteiger partial charge in [0.25, 0.3) is 11.1 Å². The van der Waals surface area contributed by atoms with Crippen molar-refractivity contribution >= 4 is 11.2 Å². The minimum atomic E-state index is -0.608. The largest absolute Gasteiger partial charge is 0.360 e. The topological polar surface area (TPSA) is 106 Å². The Morgan fingerprint density at radius 2 is 2.04 bits per heavy atom. The normalized spacial score (nSPS) is 11.2. The van der Waals surface area contributed by atoms with Gasteiger partial charge in [-0.1, -0.05) is 13.3 Å². The van der Waals surface area contributed by atoms with E-state index in [-0.39, 0.29) is 16.9 Å². The molecule has 0 saturated carbocycles. The molecule has 8 heteroatoms. The molecule has 0 spiro atoms. The van der Waals surface area contributed by atoms with E-state index in [2.05, 4.69) is 15.0 Å². The summed E-state index contributed by atoms with van der Waals surface area (Å²) in [7, 11) is 1.50. The highest BCUT2D eigenvalue weighted by atomic mass is 16.2. The molecule has 0 amide bonds. The van der Waals surface area contributed by atoms with E-state index in [9.17, 15) is 14.4 Å². The molecule has 3 aromatic heterocycles. The highest BCUT2D eigenvalue weighted by Crippen LogP contribution is 2.13. The predicted molar refractivity (Wildman–Crippen MR) is 86.6 cm³/mol. The zero-order valence-corrected chi connectivity index (χ0v) is 12.9. The molecule has 3 heterocycles. The molecule has 2 N–H and O–H groups in total. The maximum Gasteiger partial charge on any atom is 0.330 e. The van der Waals surface area contributed by atoms with Crippen molar-refractivity contribution in [3.63, 3.8) is 0 Å². The second-order valence-electron chi connectivity index (χ2n) is 5.35. The molecule has 0 aromatic carbocycles. The Morgan fingerprint density at radius 3 is 2.70 bits per heavy atom. The molecule has 3 rings (SSSR count). The summed E-state index contributed by atoms with van der Waals surface area (Å²) in [6.45, 7) is 2.43. The Hall–Kier alpha value is -2.90. The zero-order chi connectivity index (χ0) is 16.6. The van der Waals surface area contributed by atoms with E-state index in [0.29, 0.717) is 12.2 Å². The van der Waals surface area contributed by atoms with Gasteiger partial charge < -0.3 is 9.55 Å². The minimum absolute atomic E-state index is 0.0982. The van der Waals surface area contributed by atoms with E-state index in [1.807, 2.05) is 6.92 Å². The lowest BCUT2D eigenvalue weighted by molar-refractivity contribution is 0.609. The summed E-state index contributed by atoms with van der Waals surface area (Å²) < 4.78 is 2.64. The van der Waals surface area contributed by atoms with Crippen LogP contribution >= 0.6 is 0 Å². The fourth-order valence-electron chi connectivity index (χ4n) is 2.56. The van der Waals surface area contributed by atoms with Gasteiger partial charge in [0.15, 0.2) is 16.9 Å². The van der Waals surface area contributed by atoms with Crippen molar-refractivity contribution in [2.24, 2.45) is 7.05 Å². The first-order valence-electron chi connectivity index (χ1n) is 7.42. The van der Waals surface area contributed by atoms with Gasteiger partial charge >= 0.3 is 5.69 Å². The summed E-state index contributed by atoms with van der Waals surface area (Å²) in [6.07, 6.45) is 3.34. The zero-order valence-electron chi connectivity index (χ0n) is 12.9. The molecule has 120 valence electrons. The van der Waals surface area contributed by atoms with Gasteiger partial charge in [0.05, 0.1) is 5.69 Å². The van der Waals surface area contributed by atoms with Crippen molar-refractivity contribution in [1.29, 1.82) is 0 Å². The van der Waals surface area contributed by atoms with E-state index in [4.69, 9.17) is 0 Å². The summed E-state index contributed by atoms with van der Waals surface area (Å²) in [5.41, 5.74) is -0.476. The number of nitrogens with zero attached hydrogens (tertiary/aromatic N) is 3. The summed E-state index contributed by atoms with van der Waals surface area (Å²) in [5, 5.41) is 0. The second kappa shape index (κ2) is 5.71. The van der Waals surface area contributed by atoms with Crippen LogP contribution in [0.15, 0.2) is 32.7 Å². The number of rotatable bonds is 4. The molecule has 0 fully saturated rings. The van der Waals surface area contributed by atoms with Gasteiger partial charge in [0.2, 0.25) is 0 Å². The predicted octanol–water partition coefficient (Wildman–Crippen LogP) is 0.579. The fraction of sp³-hybridized carbons (Fsp3) is 0.333. The summed E-state index contributed by atoms with van der Waals surface area (Å²) in [6, 6.07) is 3.47. The highest BCUT2D eigenvalue weighted by molar-refractivity contribution is 5.72. The number of aryl methyl sites for hydroxylation is 2. The quantitative estimate of drug-likeness (QED) is 0.734. The Kier molecular flexibility index (Phi) is 3.73. The van der Waals surface area contributed by atoms with Gasteiger partial charge in [-0.05, 0) is 18.6 Å². The van der Waals surface area contributed by atoms with Crippen molar-refractivity contribution in [2.45, 2.75) is 26.3 Å². The first-order valence-corrected chi connectivity index (χ1v) is 7.42. The molecule has 0 radical (unpaired) electrons. The lowest BCUT2D eigenvalue weighted by Crippen LogP contribution is -2.35. The van der Waals surface area contributed by atoms with E-state index < -0.39 is 16.8 Å². The molecule has 0 atom stereocenters. The van der Waals surface area contributed by atoms with E-state index in [1.54, 1.807) is 18.3 Å². The number of fused-ring (bicyclic) bond motifs is 1. The van der Waals surface area contributed by atoms with Crippen LogP contribution in [0.3, 0.4) is 0 Å². The maximum absolute atomic E-state index is 12.5. The number of unbranched alkanes of at least 4 members (excludes halogenated alkanes) is 1. The van der Waals surface area contributed by atoms with E-state index >= 15 is 0 Å². The van der Waals surface area contributed by atoms with Crippen LogP contribution < -0.4 is 16.8 Å². The average Bonchev–Trinajstić information content (AvgIpc) is 3.04. The second-order valence-corrected chi connectivity index (χ2v) is 5.35. The van der Waals surface area contributed by atoms with Crippen LogP contribution in [-0.2, 0) is 13.6 Å². The van der Waals surface area contributed by atoms with Crippen molar-refractivity contribution in [1.82, 2.24) is 24.1 Å². The summed E-state index contributed by atoms with van der Waals surface area (Å²) in [5.74, 6) is 0. The van der Waals surface area contributed by atoms with Crippen LogP contribution in [0.5, 0.6) is 0 Å². The third kappa shape index (κ3) is 2.41. The van der Waals surface area contributed by atoms with Gasteiger partial charge in [0.1, 0.15) is 0 Å². The Bertz CT molecular complexity index is 1020. The van der Waals surface area contributed by atoms with Crippen molar-refractivity contribution in [3.05, 3.63) is 49.5 Å². The first-order chi connectivity index (χ1) is 11.0. The van der Waals surface area contributed by atoms with E-state index in [1.165, 1.54) is 16.2 Å². The third-order valence-corrected chi connectivity index (χ3v) is 3.80. The van der Waals surface area contributed by atoms with Gasteiger partial charge in [-0.25, -0.2) is 9.78 Å². The van der Waals surface area contributed by atoms with Crippen LogP contribution in [-0.4, -0.2) is 24.1 Å². The number of aromatic nitrogens is 5. The fourth-order valence-corrected chi connectivity index (χ4v) is 2.56. The standard InChI is InChI=1S/C15H17N5O3/c1-3-4-8-20-12-11(13(21)18-15(20)23)19(2)14(22)10(17-12)9-6-5-7-16-9/h5-7,16H,3-4,8H2,1-2H3,(H,18,21,23). The molecule has 0 aliphatic carbocycles. The van der Waals surface area contributed by atoms with Crippen LogP contribution in [0.1, 0.15) is 19.8 Å². The highest BCUT2D eigenvalue weighted by Gasteiger charge is 2.17. The Balaban J connectivity index is 2.43. The third-order valence-electron chi connectivity index (χ3n) is 3.80. The number of H-pyrrole nitrogens is 2. The molecule has 8 nitrogen and oxygen atoms in total. The minimum Gasteiger partial charge on any atom is -0.360 e. The molecular formula is C15H17N5O3. The molecule has 23 heavy (non-hydrogen) atoms. The molecule has 0 aliphatic rings. The molecule has 0 unspecified atom stereocenters. The first kappa shape index (κ1) is 15.0. The molecule has 3 aromatic rings. The van der Waals surface area contributed by atoms with Gasteiger partial charge in [-0.2, -0.15) is 0 Å². The molecule has 0 aliphatic heterocycles. The van der Waals surface area contributed by atoms with Crippen LogP contribution in [0.2, 0.25) is 0 Å². The number of aromatic amines is 2. The van der Waals surface area contributed by atoms with Crippen LogP contribution in [0, 0.1) is 0 Å². The lowest BCUT2D eigenvalue weighted by Gasteiger charge is -2.11. The average molecular weight is 315 g/mol. The molecule has 0 bridgehead atoms. The van der Waals surface area contributed by atoms with Crippen molar-refractivity contribution in [3.8, 4) is 11.4 Å². The SMILES string of the molecule is CCCCn1c(=O)[nH]c(=O)c2c1nc(-c1ccc[nH]1)c(=O)n2C. The Morgan fingerprint density at radius 1 is 1.26 bits per heavy atom. The number of hydrogen-bond acceptors (Lipinski definition) is 4. The van der Waals surface area contributed by atoms with Crippen molar-refractivity contribution in [2.75, 3.05) is 0 Å². The van der Waals surface area contributed by atoms with Crippen LogP contribution in [0.25, 0.3) is 22.6 Å².